The SMILES string of the molecule is CN(/N=C/c1ccc(C(=O)O)cc1F)C(=O)c1ccccc1N(C)C. The molecule has 0 aliphatic heterocycles. The van der Waals surface area contributed by atoms with Crippen molar-refractivity contribution in [2.45, 2.75) is 0 Å². The monoisotopic (exact) mass is 343 g/mol. The Bertz CT molecular complexity index is 834. The van der Waals surface area contributed by atoms with Gasteiger partial charge in [-0.3, -0.25) is 4.79 Å². The molecule has 7 heteroatoms. The molecule has 25 heavy (non-hydrogen) atoms. The van der Waals surface area contributed by atoms with E-state index in [4.69, 9.17) is 5.11 Å². The molecule has 1 N–H and O–H groups in total. The smallest absolute Gasteiger partial charge is 0.335 e. The molecule has 0 saturated heterocycles. The Morgan fingerprint density at radius 2 is 1.80 bits per heavy atom. The second-order valence-electron chi connectivity index (χ2n) is 5.53. The highest BCUT2D eigenvalue weighted by Gasteiger charge is 2.16. The molecule has 6 nitrogen and oxygen atoms in total. The van der Waals surface area contributed by atoms with Crippen LogP contribution in [0.5, 0.6) is 0 Å². The molecule has 2 aromatic rings. The number of halogens is 1. The van der Waals surface area contributed by atoms with Crippen molar-refractivity contribution in [3.63, 3.8) is 0 Å². The third-order valence-electron chi connectivity index (χ3n) is 3.53. The first-order valence-corrected chi connectivity index (χ1v) is 7.42. The normalized spacial score (nSPS) is 10.7. The van der Waals surface area contributed by atoms with Gasteiger partial charge in [-0.2, -0.15) is 5.10 Å². The summed E-state index contributed by atoms with van der Waals surface area (Å²) in [4.78, 5) is 25.2. The molecule has 2 rings (SSSR count). The van der Waals surface area contributed by atoms with E-state index in [1.807, 2.05) is 31.1 Å². The number of carboxylic acids is 1. The van der Waals surface area contributed by atoms with Crippen LogP contribution >= 0.6 is 0 Å². The highest BCUT2D eigenvalue weighted by molar-refractivity contribution is 6.00. The number of anilines is 1. The summed E-state index contributed by atoms with van der Waals surface area (Å²) in [5, 5.41) is 13.9. The van der Waals surface area contributed by atoms with Crippen molar-refractivity contribution >= 4 is 23.8 Å². The van der Waals surface area contributed by atoms with Crippen LogP contribution in [0.25, 0.3) is 0 Å². The number of hydrogen-bond acceptors (Lipinski definition) is 4. The summed E-state index contributed by atoms with van der Waals surface area (Å²) in [6.45, 7) is 0. The van der Waals surface area contributed by atoms with Crippen LogP contribution in [0.2, 0.25) is 0 Å². The molecule has 0 unspecified atom stereocenters. The zero-order valence-electron chi connectivity index (χ0n) is 14.1. The number of para-hydroxylation sites is 1. The molecule has 0 heterocycles. The van der Waals surface area contributed by atoms with Crippen molar-refractivity contribution in [2.24, 2.45) is 5.10 Å². The van der Waals surface area contributed by atoms with Gasteiger partial charge in [-0.25, -0.2) is 14.2 Å². The van der Waals surface area contributed by atoms with E-state index in [2.05, 4.69) is 5.10 Å². The number of aromatic carboxylic acids is 1. The molecule has 0 aliphatic rings. The lowest BCUT2D eigenvalue weighted by Gasteiger charge is -2.19. The van der Waals surface area contributed by atoms with Gasteiger partial charge in [-0.1, -0.05) is 12.1 Å². The lowest BCUT2D eigenvalue weighted by atomic mass is 10.1. The molecule has 0 aromatic heterocycles. The van der Waals surface area contributed by atoms with Crippen LogP contribution < -0.4 is 4.90 Å². The van der Waals surface area contributed by atoms with Gasteiger partial charge in [0.05, 0.1) is 17.3 Å². The number of amides is 1. The minimum absolute atomic E-state index is 0.0885. The molecule has 0 saturated carbocycles. The molecule has 0 aliphatic carbocycles. The van der Waals surface area contributed by atoms with Gasteiger partial charge in [0.2, 0.25) is 0 Å². The number of hydrogen-bond donors (Lipinski definition) is 1. The Kier molecular flexibility index (Phi) is 5.49. The van der Waals surface area contributed by atoms with E-state index in [-0.39, 0.29) is 17.0 Å². The van der Waals surface area contributed by atoms with Crippen molar-refractivity contribution in [3.8, 4) is 0 Å². The van der Waals surface area contributed by atoms with E-state index in [0.29, 0.717) is 5.56 Å². The number of carboxylic acid groups (broad SMARTS) is 1. The molecular formula is C18H18FN3O3. The highest BCUT2D eigenvalue weighted by Crippen LogP contribution is 2.19. The van der Waals surface area contributed by atoms with E-state index in [9.17, 15) is 14.0 Å². The second-order valence-corrected chi connectivity index (χ2v) is 5.53. The Morgan fingerprint density at radius 3 is 2.40 bits per heavy atom. The first-order valence-electron chi connectivity index (χ1n) is 7.42. The van der Waals surface area contributed by atoms with E-state index in [0.717, 1.165) is 16.8 Å². The Morgan fingerprint density at radius 1 is 1.12 bits per heavy atom. The van der Waals surface area contributed by atoms with Gasteiger partial charge in [0.15, 0.2) is 0 Å². The van der Waals surface area contributed by atoms with Crippen LogP contribution in [0.4, 0.5) is 10.1 Å². The minimum Gasteiger partial charge on any atom is -0.478 e. The van der Waals surface area contributed by atoms with Gasteiger partial charge in [0.1, 0.15) is 5.82 Å². The molecule has 1 amide bonds. The lowest BCUT2D eigenvalue weighted by molar-refractivity contribution is 0.0695. The van der Waals surface area contributed by atoms with Crippen LogP contribution in [0.1, 0.15) is 26.3 Å². The third kappa shape index (κ3) is 4.20. The summed E-state index contributed by atoms with van der Waals surface area (Å²) in [7, 11) is 5.12. The number of nitrogens with zero attached hydrogens (tertiary/aromatic N) is 3. The van der Waals surface area contributed by atoms with Crippen molar-refractivity contribution in [1.29, 1.82) is 0 Å². The first kappa shape index (κ1) is 18.1. The molecule has 130 valence electrons. The predicted molar refractivity (Wildman–Crippen MR) is 93.8 cm³/mol. The summed E-state index contributed by atoms with van der Waals surface area (Å²) in [6, 6.07) is 10.6. The van der Waals surface area contributed by atoms with E-state index < -0.39 is 11.8 Å². The average molecular weight is 343 g/mol. The van der Waals surface area contributed by atoms with E-state index in [1.165, 1.54) is 25.4 Å². The van der Waals surface area contributed by atoms with E-state index >= 15 is 0 Å². The maximum atomic E-state index is 13.9. The van der Waals surface area contributed by atoms with Gasteiger partial charge in [-0.05, 0) is 30.3 Å². The van der Waals surface area contributed by atoms with Gasteiger partial charge in [0.25, 0.3) is 5.91 Å². The van der Waals surface area contributed by atoms with Crippen molar-refractivity contribution in [3.05, 3.63) is 65.0 Å². The summed E-state index contributed by atoms with van der Waals surface area (Å²) in [6.07, 6.45) is 1.18. The molecule has 0 fully saturated rings. The third-order valence-corrected chi connectivity index (χ3v) is 3.53. The molecule has 0 atom stereocenters. The predicted octanol–water partition coefficient (Wildman–Crippen LogP) is 2.70. The Hall–Kier alpha value is -3.22. The topological polar surface area (TPSA) is 73.2 Å². The van der Waals surface area contributed by atoms with Gasteiger partial charge < -0.3 is 10.0 Å². The number of carbonyl (C=O) groups excluding carboxylic acids is 1. The minimum atomic E-state index is -1.21. The Balaban J connectivity index is 2.22. The van der Waals surface area contributed by atoms with Gasteiger partial charge in [-0.15, -0.1) is 0 Å². The molecular weight excluding hydrogens is 325 g/mol. The van der Waals surface area contributed by atoms with Crippen molar-refractivity contribution in [1.82, 2.24) is 5.01 Å². The fourth-order valence-electron chi connectivity index (χ4n) is 2.18. The van der Waals surface area contributed by atoms with Gasteiger partial charge >= 0.3 is 5.97 Å². The number of carbonyl (C=O) groups is 2. The second kappa shape index (κ2) is 7.57. The lowest BCUT2D eigenvalue weighted by Crippen LogP contribution is -2.24. The maximum absolute atomic E-state index is 13.9. The average Bonchev–Trinajstić information content (AvgIpc) is 2.59. The summed E-state index contributed by atoms with van der Waals surface area (Å²) < 4.78 is 13.9. The summed E-state index contributed by atoms with van der Waals surface area (Å²) >= 11 is 0. The van der Waals surface area contributed by atoms with E-state index in [1.54, 1.807) is 12.1 Å². The number of benzene rings is 2. The zero-order chi connectivity index (χ0) is 18.6. The highest BCUT2D eigenvalue weighted by atomic mass is 19.1. The standard InChI is InChI=1S/C18H18FN3O3/c1-21(2)16-7-5-4-6-14(16)17(23)22(3)20-11-13-9-8-12(18(24)25)10-15(13)19/h4-11H,1-3H3,(H,24,25)/b20-11+. The summed E-state index contributed by atoms with van der Waals surface area (Å²) in [5.74, 6) is -2.28. The number of hydrazone groups is 1. The fraction of sp³-hybridized carbons (Fsp3) is 0.167. The van der Waals surface area contributed by atoms with Crippen molar-refractivity contribution < 1.29 is 19.1 Å². The molecule has 2 aromatic carbocycles. The van der Waals surface area contributed by atoms with Crippen LogP contribution in [0.3, 0.4) is 0 Å². The van der Waals surface area contributed by atoms with Crippen LogP contribution in [0, 0.1) is 5.82 Å². The molecule has 0 radical (unpaired) electrons. The van der Waals surface area contributed by atoms with Crippen LogP contribution in [-0.4, -0.2) is 49.3 Å². The van der Waals surface area contributed by atoms with Crippen LogP contribution in [-0.2, 0) is 0 Å². The first-order chi connectivity index (χ1) is 11.8. The zero-order valence-corrected chi connectivity index (χ0v) is 14.1. The largest absolute Gasteiger partial charge is 0.478 e. The summed E-state index contributed by atoms with van der Waals surface area (Å²) in [5.41, 5.74) is 1.14. The Labute approximate surface area is 144 Å². The maximum Gasteiger partial charge on any atom is 0.335 e. The quantitative estimate of drug-likeness (QED) is 0.669. The fourth-order valence-corrected chi connectivity index (χ4v) is 2.18. The van der Waals surface area contributed by atoms with Crippen LogP contribution in [0.15, 0.2) is 47.6 Å². The van der Waals surface area contributed by atoms with Crippen molar-refractivity contribution in [2.75, 3.05) is 26.0 Å². The number of rotatable bonds is 5. The molecule has 0 bridgehead atoms. The van der Waals surface area contributed by atoms with Gasteiger partial charge in [0, 0.05) is 32.4 Å². The molecule has 0 spiro atoms.